The van der Waals surface area contributed by atoms with Crippen LogP contribution in [-0.2, 0) is 23.4 Å². The van der Waals surface area contributed by atoms with Crippen LogP contribution in [0.4, 0.5) is 4.39 Å². The smallest absolute Gasteiger partial charge is 0.330 e. The van der Waals surface area contributed by atoms with Gasteiger partial charge < -0.3 is 14.0 Å². The van der Waals surface area contributed by atoms with Crippen LogP contribution in [-0.4, -0.2) is 40.4 Å². The molecule has 0 aliphatic rings. The van der Waals surface area contributed by atoms with Crippen molar-refractivity contribution in [2.45, 2.75) is 58.6 Å². The maximum Gasteiger partial charge on any atom is 0.330 e. The molecule has 1 unspecified atom stereocenters. The van der Waals surface area contributed by atoms with Crippen molar-refractivity contribution in [1.29, 1.82) is 0 Å². The highest BCUT2D eigenvalue weighted by Crippen LogP contribution is 2.21. The Morgan fingerprint density at radius 3 is 2.62 bits per heavy atom. The molecule has 2 N–H and O–H groups in total. The number of terminal acetylenes is 1. The number of rotatable bonds is 11. The summed E-state index contributed by atoms with van der Waals surface area (Å²) in [6.07, 6.45) is 3.95. The van der Waals surface area contributed by atoms with E-state index >= 15 is 0 Å². The van der Waals surface area contributed by atoms with Gasteiger partial charge in [-0.1, -0.05) is 0 Å². The van der Waals surface area contributed by atoms with E-state index in [1.54, 1.807) is 13.8 Å². The summed E-state index contributed by atoms with van der Waals surface area (Å²) >= 11 is 0. The summed E-state index contributed by atoms with van der Waals surface area (Å²) < 4.78 is 42.0. The molecular weight excluding hydrogens is 408 g/mol. The van der Waals surface area contributed by atoms with Gasteiger partial charge in [0.05, 0.1) is 25.0 Å². The molecule has 0 saturated carbocycles. The van der Waals surface area contributed by atoms with E-state index in [1.165, 1.54) is 13.8 Å². The minimum atomic E-state index is -2.83. The van der Waals surface area contributed by atoms with Crippen molar-refractivity contribution in [2.24, 2.45) is 0 Å². The fourth-order valence-electron chi connectivity index (χ4n) is 2.13. The normalized spacial score (nSPS) is 15.3. The van der Waals surface area contributed by atoms with Crippen molar-refractivity contribution >= 4 is 14.1 Å². The van der Waals surface area contributed by atoms with Gasteiger partial charge >= 0.3 is 11.7 Å². The van der Waals surface area contributed by atoms with Gasteiger partial charge in [0.25, 0.3) is 13.7 Å². The number of halogens is 1. The standard InChI is InChI=1S/C17H25FN3O7P/c1-6-7-13(9-26-29(25)20-11(4)16(23)27-10(2)3)28-12(5)21-8-14(18)15(22)19-17(21)24/h1,8,10-13,29H,7,9H2,2-5H3,(H,20,25)(H,19,22,24)/t11-,12+,13-/m0/s1. The number of nitrogens with zero attached hydrogens (tertiary/aromatic N) is 1. The Hall–Kier alpha value is -2.25. The highest BCUT2D eigenvalue weighted by Gasteiger charge is 2.20. The first kappa shape index (κ1) is 24.8. The molecular formula is C17H25FN3O7P. The number of H-pyrrole nitrogens is 1. The molecule has 12 heteroatoms. The summed E-state index contributed by atoms with van der Waals surface area (Å²) in [4.78, 5) is 36.4. The highest BCUT2D eigenvalue weighted by molar-refractivity contribution is 7.36. The number of hydrogen-bond acceptors (Lipinski definition) is 7. The third-order valence-corrected chi connectivity index (χ3v) is 4.59. The van der Waals surface area contributed by atoms with Crippen LogP contribution in [0, 0.1) is 18.2 Å². The molecule has 0 amide bonds. The van der Waals surface area contributed by atoms with Gasteiger partial charge in [-0.3, -0.25) is 23.7 Å². The first-order valence-electron chi connectivity index (χ1n) is 8.78. The van der Waals surface area contributed by atoms with E-state index in [0.29, 0.717) is 6.20 Å². The third kappa shape index (κ3) is 8.33. The molecule has 0 aliphatic carbocycles. The quantitative estimate of drug-likeness (QED) is 0.300. The van der Waals surface area contributed by atoms with E-state index in [1.807, 2.05) is 4.98 Å². The summed E-state index contributed by atoms with van der Waals surface area (Å²) in [5.41, 5.74) is -2.01. The van der Waals surface area contributed by atoms with Crippen LogP contribution in [0.1, 0.15) is 40.3 Å². The van der Waals surface area contributed by atoms with Gasteiger partial charge in [-0.05, 0) is 27.7 Å². The molecule has 162 valence electrons. The zero-order chi connectivity index (χ0) is 22.1. The van der Waals surface area contributed by atoms with E-state index in [2.05, 4.69) is 11.0 Å². The average Bonchev–Trinajstić information content (AvgIpc) is 2.62. The number of hydrogen-bond donors (Lipinski definition) is 2. The zero-order valence-corrected chi connectivity index (χ0v) is 17.6. The SMILES string of the molecule is C#CC[C@@H](CO[PH](=O)N[C@@H](C)C(=O)OC(C)C)O[C@H](C)n1cc(F)c(=O)[nH]c1=O. The second kappa shape index (κ2) is 11.7. The Morgan fingerprint density at radius 1 is 1.38 bits per heavy atom. The zero-order valence-electron chi connectivity index (χ0n) is 16.6. The number of carbonyl (C=O) groups is 1. The molecule has 10 nitrogen and oxygen atoms in total. The molecule has 1 aromatic rings. The summed E-state index contributed by atoms with van der Waals surface area (Å²) in [6.45, 7) is 6.07. The van der Waals surface area contributed by atoms with E-state index in [9.17, 15) is 23.3 Å². The van der Waals surface area contributed by atoms with Crippen LogP contribution in [0.5, 0.6) is 0 Å². The van der Waals surface area contributed by atoms with Crippen molar-refractivity contribution in [3.05, 3.63) is 32.9 Å². The fraction of sp³-hybridized carbons (Fsp3) is 0.588. The number of ether oxygens (including phenoxy) is 2. The molecule has 1 aromatic heterocycles. The molecule has 29 heavy (non-hydrogen) atoms. The van der Waals surface area contributed by atoms with Crippen molar-refractivity contribution in [3.8, 4) is 12.3 Å². The molecule has 0 bridgehead atoms. The monoisotopic (exact) mass is 433 g/mol. The van der Waals surface area contributed by atoms with E-state index < -0.39 is 49.6 Å². The molecule has 1 rings (SSSR count). The van der Waals surface area contributed by atoms with Gasteiger partial charge in [-0.15, -0.1) is 12.3 Å². The molecule has 0 aromatic carbocycles. The van der Waals surface area contributed by atoms with Crippen molar-refractivity contribution in [3.63, 3.8) is 0 Å². The van der Waals surface area contributed by atoms with Crippen molar-refractivity contribution in [2.75, 3.05) is 6.61 Å². The number of esters is 1. The lowest BCUT2D eigenvalue weighted by atomic mass is 10.3. The molecule has 0 fully saturated rings. The molecule has 0 aliphatic heterocycles. The Kier molecular flexibility index (Phi) is 9.98. The molecule has 4 atom stereocenters. The van der Waals surface area contributed by atoms with Crippen LogP contribution < -0.4 is 16.3 Å². The summed E-state index contributed by atoms with van der Waals surface area (Å²) in [5.74, 6) is 0.626. The lowest BCUT2D eigenvalue weighted by Crippen LogP contribution is -2.35. The summed E-state index contributed by atoms with van der Waals surface area (Å²) in [5, 5.41) is 2.49. The highest BCUT2D eigenvalue weighted by atomic mass is 31.1. The van der Waals surface area contributed by atoms with Crippen LogP contribution in [0.15, 0.2) is 15.8 Å². The first-order chi connectivity index (χ1) is 13.5. The van der Waals surface area contributed by atoms with Crippen LogP contribution in [0.2, 0.25) is 0 Å². The first-order valence-corrected chi connectivity index (χ1v) is 10.1. The van der Waals surface area contributed by atoms with Gasteiger partial charge in [0.15, 0.2) is 0 Å². The van der Waals surface area contributed by atoms with Gasteiger partial charge in [0, 0.05) is 6.42 Å². The molecule has 1 heterocycles. The lowest BCUT2D eigenvalue weighted by molar-refractivity contribution is -0.149. The van der Waals surface area contributed by atoms with Crippen molar-refractivity contribution < 1.29 is 27.7 Å². The van der Waals surface area contributed by atoms with E-state index in [0.717, 1.165) is 4.57 Å². The van der Waals surface area contributed by atoms with E-state index in [4.69, 9.17) is 20.4 Å². The molecule has 0 radical (unpaired) electrons. The Bertz CT molecular complexity index is 877. The van der Waals surface area contributed by atoms with Crippen molar-refractivity contribution in [1.82, 2.24) is 14.6 Å². The Balaban J connectivity index is 2.67. The minimum absolute atomic E-state index is 0.0466. The van der Waals surface area contributed by atoms with E-state index in [-0.39, 0.29) is 19.1 Å². The topological polar surface area (TPSA) is 129 Å². The second-order valence-corrected chi connectivity index (χ2v) is 7.51. The summed E-state index contributed by atoms with van der Waals surface area (Å²) in [7, 11) is -2.83. The lowest BCUT2D eigenvalue weighted by Gasteiger charge is -2.22. The predicted molar refractivity (Wildman–Crippen MR) is 103 cm³/mol. The predicted octanol–water partition coefficient (Wildman–Crippen LogP) is 0.939. The molecule has 0 spiro atoms. The molecule has 0 saturated heterocycles. The maximum absolute atomic E-state index is 13.4. The average molecular weight is 433 g/mol. The fourth-order valence-corrected chi connectivity index (χ4v) is 3.03. The van der Waals surface area contributed by atoms with Gasteiger partial charge in [0.1, 0.15) is 12.3 Å². The number of nitrogens with one attached hydrogen (secondary N) is 2. The van der Waals surface area contributed by atoms with Crippen LogP contribution in [0.3, 0.4) is 0 Å². The third-order valence-electron chi connectivity index (χ3n) is 3.49. The van der Waals surface area contributed by atoms with Gasteiger partial charge in [-0.2, -0.15) is 4.39 Å². The Labute approximate surface area is 167 Å². The second-order valence-electron chi connectivity index (χ2n) is 6.36. The van der Waals surface area contributed by atoms with Crippen LogP contribution >= 0.6 is 8.18 Å². The largest absolute Gasteiger partial charge is 0.462 e. The van der Waals surface area contributed by atoms with Gasteiger partial charge in [-0.25, -0.2) is 9.88 Å². The Morgan fingerprint density at radius 2 is 2.03 bits per heavy atom. The number of aromatic nitrogens is 2. The van der Waals surface area contributed by atoms with Crippen LogP contribution in [0.25, 0.3) is 0 Å². The number of carbonyl (C=O) groups excluding carboxylic acids is 1. The number of aromatic amines is 1. The van der Waals surface area contributed by atoms with Gasteiger partial charge in [0.2, 0.25) is 5.82 Å². The minimum Gasteiger partial charge on any atom is -0.462 e. The maximum atomic E-state index is 13.4. The summed E-state index contributed by atoms with van der Waals surface area (Å²) in [6, 6.07) is -0.850.